The quantitative estimate of drug-likeness (QED) is 0.260. The molecule has 222 valence electrons. The summed E-state index contributed by atoms with van der Waals surface area (Å²) in [5.74, 6) is 2.98. The third-order valence-electron chi connectivity index (χ3n) is 10.7. The van der Waals surface area contributed by atoms with Gasteiger partial charge in [0.15, 0.2) is 5.78 Å². The molecule has 1 aromatic carbocycles. The molecule has 0 spiro atoms. The Labute approximate surface area is 246 Å². The summed E-state index contributed by atoms with van der Waals surface area (Å²) in [6.45, 7) is 7.03. The molecule has 0 aromatic heterocycles. The van der Waals surface area contributed by atoms with Gasteiger partial charge >= 0.3 is 0 Å². The normalized spacial score (nSPS) is 27.3. The molecule has 4 aliphatic carbocycles. The Morgan fingerprint density at radius 2 is 1.71 bits per heavy atom. The smallest absolute Gasteiger partial charge is 0.222 e. The largest absolute Gasteiger partial charge is 0.494 e. The van der Waals surface area contributed by atoms with Gasteiger partial charge in [-0.1, -0.05) is 43.9 Å². The van der Waals surface area contributed by atoms with E-state index in [1.165, 1.54) is 16.7 Å². The number of hydrogen-bond acceptors (Lipinski definition) is 4. The van der Waals surface area contributed by atoms with Gasteiger partial charge in [-0.3, -0.25) is 14.4 Å². The lowest BCUT2D eigenvalue weighted by atomic mass is 9.53. The van der Waals surface area contributed by atoms with Crippen LogP contribution in [0.5, 0.6) is 5.75 Å². The average molecular weight is 560 g/mol. The van der Waals surface area contributed by atoms with Crippen molar-refractivity contribution in [1.29, 1.82) is 0 Å². The number of ether oxygens (including phenoxy) is 1. The van der Waals surface area contributed by atoms with Crippen LogP contribution in [0, 0.1) is 17.3 Å². The summed E-state index contributed by atoms with van der Waals surface area (Å²) in [6, 6.07) is 8.89. The third kappa shape index (κ3) is 6.24. The zero-order chi connectivity index (χ0) is 29.1. The van der Waals surface area contributed by atoms with Gasteiger partial charge in [0.05, 0.1) is 6.61 Å². The average Bonchev–Trinajstić information content (AvgIpc) is 3.27. The van der Waals surface area contributed by atoms with Crippen LogP contribution in [0.3, 0.4) is 0 Å². The second kappa shape index (κ2) is 12.7. The van der Waals surface area contributed by atoms with E-state index in [2.05, 4.69) is 31.2 Å². The number of hydrogen-bond donors (Lipinski definition) is 0. The molecule has 41 heavy (non-hydrogen) atoms. The maximum Gasteiger partial charge on any atom is 0.222 e. The number of fused-ring (bicyclic) bond motifs is 4. The second-order valence-corrected chi connectivity index (χ2v) is 13.5. The highest BCUT2D eigenvalue weighted by Gasteiger charge is 2.56. The van der Waals surface area contributed by atoms with Crippen molar-refractivity contribution in [2.45, 2.75) is 116 Å². The van der Waals surface area contributed by atoms with Gasteiger partial charge in [-0.25, -0.2) is 0 Å². The molecule has 0 aliphatic heterocycles. The summed E-state index contributed by atoms with van der Waals surface area (Å²) < 4.78 is 6.09. The topological polar surface area (TPSA) is 63.7 Å². The molecule has 1 aromatic rings. The number of allylic oxidation sites excluding steroid dienone is 4. The molecule has 4 aliphatic rings. The molecule has 0 radical (unpaired) electrons. The summed E-state index contributed by atoms with van der Waals surface area (Å²) in [5.41, 5.74) is 5.28. The molecule has 0 saturated heterocycles. The first kappa shape index (κ1) is 29.8. The Hall–Kier alpha value is -2.69. The lowest BCUT2D eigenvalue weighted by Crippen LogP contribution is -2.43. The molecular formula is C36H49NO4. The number of unbranched alkanes of at least 4 members (excludes halogenated alkanes) is 4. The van der Waals surface area contributed by atoms with Crippen molar-refractivity contribution >= 4 is 17.5 Å². The molecule has 2 fully saturated rings. The highest BCUT2D eigenvalue weighted by Crippen LogP contribution is 2.62. The van der Waals surface area contributed by atoms with E-state index in [-0.39, 0.29) is 29.1 Å². The first-order chi connectivity index (χ1) is 19.7. The van der Waals surface area contributed by atoms with Crippen molar-refractivity contribution in [1.82, 2.24) is 4.90 Å². The minimum atomic E-state index is -0.238. The number of carbonyl (C=O) groups excluding carboxylic acids is 3. The number of nitrogens with zero attached hydrogens (tertiary/aromatic N) is 1. The van der Waals surface area contributed by atoms with Crippen LogP contribution >= 0.6 is 0 Å². The van der Waals surface area contributed by atoms with Gasteiger partial charge in [-0.15, -0.1) is 0 Å². The van der Waals surface area contributed by atoms with Crippen molar-refractivity contribution < 1.29 is 19.1 Å². The van der Waals surface area contributed by atoms with Crippen LogP contribution in [-0.4, -0.2) is 42.1 Å². The highest BCUT2D eigenvalue weighted by atomic mass is 16.5. The van der Waals surface area contributed by atoms with Gasteiger partial charge in [0, 0.05) is 43.7 Å². The molecule has 5 rings (SSSR count). The highest BCUT2D eigenvalue weighted by molar-refractivity contribution is 5.93. The van der Waals surface area contributed by atoms with Gasteiger partial charge in [-0.05, 0) is 106 Å². The van der Waals surface area contributed by atoms with Crippen LogP contribution in [0.15, 0.2) is 47.1 Å². The molecule has 0 heterocycles. The zero-order valence-corrected chi connectivity index (χ0v) is 25.7. The van der Waals surface area contributed by atoms with Crippen LogP contribution < -0.4 is 4.74 Å². The summed E-state index contributed by atoms with van der Waals surface area (Å²) in [5, 5.41) is 0. The van der Waals surface area contributed by atoms with E-state index in [0.29, 0.717) is 43.5 Å². The van der Waals surface area contributed by atoms with Crippen molar-refractivity contribution in [2.24, 2.45) is 17.3 Å². The van der Waals surface area contributed by atoms with E-state index in [4.69, 9.17) is 4.74 Å². The summed E-state index contributed by atoms with van der Waals surface area (Å²) in [4.78, 5) is 39.3. The van der Waals surface area contributed by atoms with Crippen molar-refractivity contribution in [3.8, 4) is 5.75 Å². The molecule has 5 heteroatoms. The first-order valence-corrected chi connectivity index (χ1v) is 16.2. The van der Waals surface area contributed by atoms with Crippen LogP contribution in [0.2, 0.25) is 0 Å². The van der Waals surface area contributed by atoms with Gasteiger partial charge in [0.2, 0.25) is 5.91 Å². The minimum absolute atomic E-state index is 0.233. The van der Waals surface area contributed by atoms with E-state index < -0.39 is 0 Å². The fourth-order valence-electron chi connectivity index (χ4n) is 8.09. The second-order valence-electron chi connectivity index (χ2n) is 13.5. The monoisotopic (exact) mass is 559 g/mol. The van der Waals surface area contributed by atoms with E-state index in [1.807, 2.05) is 31.9 Å². The van der Waals surface area contributed by atoms with Crippen LogP contribution in [0.1, 0.15) is 116 Å². The van der Waals surface area contributed by atoms with Gasteiger partial charge < -0.3 is 9.64 Å². The molecular weight excluding hydrogens is 510 g/mol. The first-order valence-electron chi connectivity index (χ1n) is 16.2. The van der Waals surface area contributed by atoms with Crippen LogP contribution in [0.25, 0.3) is 0 Å². The van der Waals surface area contributed by atoms with E-state index in [1.54, 1.807) is 5.57 Å². The predicted octanol–water partition coefficient (Wildman–Crippen LogP) is 7.74. The van der Waals surface area contributed by atoms with Gasteiger partial charge in [0.1, 0.15) is 11.5 Å². The Morgan fingerprint density at radius 3 is 2.46 bits per heavy atom. The van der Waals surface area contributed by atoms with Crippen molar-refractivity contribution in [3.05, 3.63) is 52.6 Å². The Kier molecular flexibility index (Phi) is 9.21. The molecule has 2 saturated carbocycles. The summed E-state index contributed by atoms with van der Waals surface area (Å²) in [7, 11) is 1.88. The maximum atomic E-state index is 13.2. The van der Waals surface area contributed by atoms with Crippen LogP contribution in [-0.2, 0) is 14.4 Å². The predicted molar refractivity (Wildman–Crippen MR) is 163 cm³/mol. The standard InChI is InChI=1S/C36H49NO4/c1-24(2)37(4)34(40)10-8-6-5-7-9-21-41-28-15-11-25(12-16-28)31-23-36(3)32(19-20-33(36)39)30-17-13-26-22-27(38)14-18-29(26)35(30)31/h11-12,15-16,22,24,30-32H,5-10,13-14,17-21,23H2,1-4H3/t30-,31+,32-,36-/m0/s1. The molecule has 5 nitrogen and oxygen atoms in total. The SMILES string of the molecule is CC(C)N(C)C(=O)CCCCCCCOc1ccc([C@H]2C[C@]3(C)C(=O)CC[C@H]3[C@@H]3CCC4=CC(=O)CCC4=C32)cc1. The maximum absolute atomic E-state index is 13.2. The number of Topliss-reactive ketones (excluding diaryl/α,β-unsaturated/α-hetero) is 1. The Balaban J connectivity index is 1.18. The number of benzene rings is 1. The number of carbonyl (C=O) groups is 3. The fourth-order valence-corrected chi connectivity index (χ4v) is 8.09. The van der Waals surface area contributed by atoms with Crippen molar-refractivity contribution in [2.75, 3.05) is 13.7 Å². The lowest BCUT2D eigenvalue weighted by Gasteiger charge is -2.50. The van der Waals surface area contributed by atoms with Crippen LogP contribution in [0.4, 0.5) is 0 Å². The molecule has 0 bridgehead atoms. The number of ketones is 2. The minimum Gasteiger partial charge on any atom is -0.494 e. The summed E-state index contributed by atoms with van der Waals surface area (Å²) >= 11 is 0. The van der Waals surface area contributed by atoms with E-state index >= 15 is 0 Å². The molecule has 1 amide bonds. The van der Waals surface area contributed by atoms with E-state index in [9.17, 15) is 14.4 Å². The molecule has 0 unspecified atom stereocenters. The number of amides is 1. The van der Waals surface area contributed by atoms with Gasteiger partial charge in [0.25, 0.3) is 0 Å². The fraction of sp³-hybridized carbons (Fsp3) is 0.639. The van der Waals surface area contributed by atoms with E-state index in [0.717, 1.165) is 70.0 Å². The Morgan fingerprint density at radius 1 is 0.976 bits per heavy atom. The summed E-state index contributed by atoms with van der Waals surface area (Å²) in [6.07, 6.45) is 14.0. The Bertz CT molecular complexity index is 1210. The molecule has 0 N–H and O–H groups in total. The molecule has 4 atom stereocenters. The number of rotatable bonds is 11. The van der Waals surface area contributed by atoms with Gasteiger partial charge in [-0.2, -0.15) is 0 Å². The van der Waals surface area contributed by atoms with Crippen molar-refractivity contribution in [3.63, 3.8) is 0 Å². The zero-order valence-electron chi connectivity index (χ0n) is 25.7. The lowest BCUT2D eigenvalue weighted by molar-refractivity contribution is -0.131. The third-order valence-corrected chi connectivity index (χ3v) is 10.7.